The maximum absolute atomic E-state index is 13.5. The maximum Gasteiger partial charge on any atom is 0.273 e. The number of hydrogen-bond donors (Lipinski definition) is 2. The first-order valence-electron chi connectivity index (χ1n) is 21.1. The predicted molar refractivity (Wildman–Crippen MR) is 220 cm³/mol. The third-order valence-electron chi connectivity index (χ3n) is 12.1. The zero-order valence-corrected chi connectivity index (χ0v) is 34.3. The van der Waals surface area contributed by atoms with E-state index in [-0.39, 0.29) is 35.7 Å². The van der Waals surface area contributed by atoms with E-state index in [1.807, 2.05) is 23.3 Å². The van der Waals surface area contributed by atoms with Gasteiger partial charge in [0.25, 0.3) is 11.8 Å². The van der Waals surface area contributed by atoms with E-state index in [0.29, 0.717) is 62.5 Å². The molecule has 4 heterocycles. The Balaban J connectivity index is 0.792. The third-order valence-corrected chi connectivity index (χ3v) is 12.8. The summed E-state index contributed by atoms with van der Waals surface area (Å²) in [5.41, 5.74) is 4.13. The number of rotatable bonds is 16. The van der Waals surface area contributed by atoms with Crippen molar-refractivity contribution in [3.8, 4) is 11.5 Å². The Morgan fingerprint density at radius 1 is 1.00 bits per heavy atom. The number of benzene rings is 2. The van der Waals surface area contributed by atoms with E-state index < -0.39 is 0 Å². The first kappa shape index (κ1) is 41.1. The van der Waals surface area contributed by atoms with E-state index in [1.165, 1.54) is 41.7 Å². The molecule has 2 N–H and O–H groups in total. The highest BCUT2D eigenvalue weighted by molar-refractivity contribution is 7.09. The minimum absolute atomic E-state index is 0.0156. The maximum atomic E-state index is 13.5. The number of fused-ring (bicyclic) bond motifs is 1. The largest absolute Gasteiger partial charge is 0.506 e. The average molecular weight is 802 g/mol. The molecule has 308 valence electrons. The highest BCUT2D eigenvalue weighted by Crippen LogP contribution is 2.40. The number of phenolic OH excluding ortho intramolecular Hbond substituents is 1. The van der Waals surface area contributed by atoms with Gasteiger partial charge < -0.3 is 34.4 Å². The lowest BCUT2D eigenvalue weighted by Gasteiger charge is -2.47. The second-order valence-corrected chi connectivity index (χ2v) is 17.3. The molecule has 57 heavy (non-hydrogen) atoms. The summed E-state index contributed by atoms with van der Waals surface area (Å²) in [5.74, 6) is 0.526. The number of anilines is 1. The Labute approximate surface area is 340 Å². The lowest BCUT2D eigenvalue weighted by molar-refractivity contribution is -0.135. The van der Waals surface area contributed by atoms with Crippen molar-refractivity contribution in [3.63, 3.8) is 0 Å². The molecule has 2 saturated heterocycles. The van der Waals surface area contributed by atoms with Crippen LogP contribution in [0.1, 0.15) is 103 Å². The van der Waals surface area contributed by atoms with Crippen LogP contribution in [0.15, 0.2) is 41.8 Å². The van der Waals surface area contributed by atoms with Crippen LogP contribution in [0.25, 0.3) is 0 Å². The van der Waals surface area contributed by atoms with Crippen molar-refractivity contribution in [2.75, 3.05) is 64.5 Å². The van der Waals surface area contributed by atoms with Gasteiger partial charge in [-0.05, 0) is 81.0 Å². The molecule has 0 radical (unpaired) electrons. The van der Waals surface area contributed by atoms with Gasteiger partial charge in [-0.15, -0.1) is 11.3 Å². The zero-order valence-electron chi connectivity index (χ0n) is 33.5. The number of aromatic nitrogens is 1. The highest BCUT2D eigenvalue weighted by atomic mass is 32.1. The molecule has 3 fully saturated rings. The van der Waals surface area contributed by atoms with Gasteiger partial charge in [0.05, 0.1) is 43.4 Å². The van der Waals surface area contributed by atoms with Crippen LogP contribution in [-0.4, -0.2) is 113 Å². The van der Waals surface area contributed by atoms with Gasteiger partial charge in [0.15, 0.2) is 12.4 Å². The van der Waals surface area contributed by atoms with Crippen LogP contribution in [0, 0.1) is 6.92 Å². The quantitative estimate of drug-likeness (QED) is 0.123. The molecule has 1 spiro atoms. The molecule has 3 amide bonds. The molecule has 0 atom stereocenters. The second-order valence-electron chi connectivity index (χ2n) is 16.2. The molecule has 3 aliphatic heterocycles. The first-order chi connectivity index (χ1) is 27.7. The number of nitrogens with zero attached hydrogens (tertiary/aromatic N) is 4. The van der Waals surface area contributed by atoms with Gasteiger partial charge >= 0.3 is 0 Å². The number of thiazole rings is 1. The van der Waals surface area contributed by atoms with Gasteiger partial charge in [0.1, 0.15) is 17.1 Å². The van der Waals surface area contributed by atoms with E-state index in [4.69, 9.17) is 14.2 Å². The van der Waals surface area contributed by atoms with Crippen molar-refractivity contribution in [3.05, 3.63) is 69.2 Å². The Morgan fingerprint density at radius 2 is 1.79 bits per heavy atom. The number of carbonyl (C=O) groups excluding carboxylic acids is 3. The van der Waals surface area contributed by atoms with Gasteiger partial charge in [-0.25, -0.2) is 4.98 Å². The van der Waals surface area contributed by atoms with E-state index in [1.54, 1.807) is 6.07 Å². The minimum Gasteiger partial charge on any atom is -0.506 e. The van der Waals surface area contributed by atoms with Crippen molar-refractivity contribution in [1.29, 1.82) is 0 Å². The monoisotopic (exact) mass is 801 g/mol. The van der Waals surface area contributed by atoms with Gasteiger partial charge in [0.2, 0.25) is 5.91 Å². The summed E-state index contributed by atoms with van der Waals surface area (Å²) in [5, 5.41) is 15.6. The van der Waals surface area contributed by atoms with Crippen LogP contribution in [0.5, 0.6) is 11.5 Å². The van der Waals surface area contributed by atoms with Crippen molar-refractivity contribution >= 4 is 34.7 Å². The van der Waals surface area contributed by atoms with Crippen LogP contribution in [0.3, 0.4) is 0 Å². The van der Waals surface area contributed by atoms with E-state index >= 15 is 0 Å². The number of carbonyl (C=O) groups is 3. The van der Waals surface area contributed by atoms with Crippen LogP contribution in [0.4, 0.5) is 5.69 Å². The van der Waals surface area contributed by atoms with Crippen LogP contribution in [-0.2, 0) is 38.4 Å². The number of aryl methyl sites for hydroxylation is 2. The van der Waals surface area contributed by atoms with Gasteiger partial charge in [0, 0.05) is 44.1 Å². The van der Waals surface area contributed by atoms with Crippen molar-refractivity contribution in [1.82, 2.24) is 19.7 Å². The molecule has 13 heteroatoms. The molecular formula is C44H59N5O7S. The van der Waals surface area contributed by atoms with Crippen molar-refractivity contribution < 1.29 is 33.7 Å². The van der Waals surface area contributed by atoms with Crippen LogP contribution < -0.4 is 10.1 Å². The predicted octanol–water partition coefficient (Wildman–Crippen LogP) is 6.52. The lowest BCUT2D eigenvalue weighted by Crippen LogP contribution is -2.58. The average Bonchev–Trinajstić information content (AvgIpc) is 3.67. The zero-order chi connectivity index (χ0) is 39.6. The van der Waals surface area contributed by atoms with Crippen molar-refractivity contribution in [2.24, 2.45) is 0 Å². The molecule has 7 rings (SSSR count). The molecule has 2 aromatic carbocycles. The van der Waals surface area contributed by atoms with Crippen molar-refractivity contribution in [2.45, 2.75) is 109 Å². The lowest BCUT2D eigenvalue weighted by atomic mass is 9.89. The number of piperidine rings is 1. The second kappa shape index (κ2) is 19.6. The molecule has 3 aromatic rings. The number of phenols is 1. The van der Waals surface area contributed by atoms with Gasteiger partial charge in [-0.1, -0.05) is 56.0 Å². The summed E-state index contributed by atoms with van der Waals surface area (Å²) >= 11 is 1.51. The number of morpholine rings is 1. The fourth-order valence-corrected chi connectivity index (χ4v) is 9.40. The number of amides is 3. The number of nitrogens with one attached hydrogen (secondary N) is 1. The summed E-state index contributed by atoms with van der Waals surface area (Å²) < 4.78 is 18.0. The number of aromatic hydroxyl groups is 1. The van der Waals surface area contributed by atoms with Crippen LogP contribution in [0.2, 0.25) is 0 Å². The number of hydrogen-bond acceptors (Lipinski definition) is 10. The molecule has 12 nitrogen and oxygen atoms in total. The molecule has 1 aromatic heterocycles. The Hall–Kier alpha value is -4.04. The number of likely N-dealkylation sites (tertiary alicyclic amines) is 1. The topological polar surface area (TPSA) is 134 Å². The summed E-state index contributed by atoms with van der Waals surface area (Å²) in [6.45, 7) is 8.24. The van der Waals surface area contributed by atoms with Gasteiger partial charge in [-0.2, -0.15) is 0 Å². The van der Waals surface area contributed by atoms with E-state index in [2.05, 4.69) is 44.4 Å². The molecular weight excluding hydrogens is 743 g/mol. The summed E-state index contributed by atoms with van der Waals surface area (Å²) in [7, 11) is 0. The number of unbranched alkanes of at least 4 members (excludes halogenated alkanes) is 2. The van der Waals surface area contributed by atoms with E-state index in [9.17, 15) is 19.5 Å². The third kappa shape index (κ3) is 10.9. The molecule has 1 saturated carbocycles. The van der Waals surface area contributed by atoms with Crippen LogP contribution >= 0.6 is 11.3 Å². The first-order valence-corrected chi connectivity index (χ1v) is 21.9. The SMILES string of the molecule is Cc1nc(C(=O)N2CCOC3(CCN(Cc4ccc(CCOCCC(=O)N(CCCCCc5ccc(O)c6c5OCC(=O)N6)C5CCCCC5)cc4)CC3)C2)cs1. The Kier molecular flexibility index (Phi) is 14.1. The van der Waals surface area contributed by atoms with Gasteiger partial charge in [-0.3, -0.25) is 19.3 Å². The summed E-state index contributed by atoms with van der Waals surface area (Å²) in [6.07, 6.45) is 12.4. The fraction of sp³-hybridized carbons (Fsp3) is 0.591. The number of ether oxygens (including phenoxy) is 3. The Bertz CT molecular complexity index is 1820. The Morgan fingerprint density at radius 3 is 2.56 bits per heavy atom. The molecule has 0 unspecified atom stereocenters. The minimum atomic E-state index is -0.269. The normalized spacial score (nSPS) is 18.5. The summed E-state index contributed by atoms with van der Waals surface area (Å²) in [6, 6.07) is 12.6. The fourth-order valence-electron chi connectivity index (χ4n) is 8.82. The molecule has 1 aliphatic carbocycles. The standard InChI is InChI=1S/C44H59N5O7S/c1-32-45-37(30-57-32)43(53)48-24-27-56-44(31-48)19-22-47(23-20-44)28-34-13-11-33(12-14-34)17-25-54-26-18-40(52)49(36-9-5-2-6-10-36)21-7-3-4-8-35-15-16-38(50)41-42(35)55-29-39(51)46-41/h11-16,30,36,50H,2-10,17-29,31H2,1H3,(H,46,51). The summed E-state index contributed by atoms with van der Waals surface area (Å²) in [4.78, 5) is 49.3. The smallest absolute Gasteiger partial charge is 0.273 e. The van der Waals surface area contributed by atoms with E-state index in [0.717, 1.165) is 94.5 Å². The molecule has 4 aliphatic rings. The highest BCUT2D eigenvalue weighted by Gasteiger charge is 2.41. The molecule has 0 bridgehead atoms.